The van der Waals surface area contributed by atoms with Crippen LogP contribution in [-0.4, -0.2) is 4.98 Å². The van der Waals surface area contributed by atoms with Gasteiger partial charge in [0.15, 0.2) is 0 Å². The van der Waals surface area contributed by atoms with Crippen molar-refractivity contribution in [3.63, 3.8) is 0 Å². The van der Waals surface area contributed by atoms with Crippen LogP contribution in [0.25, 0.3) is 17.0 Å². The number of halogens is 2. The van der Waals surface area contributed by atoms with Gasteiger partial charge in [-0.2, -0.15) is 0 Å². The molecule has 1 heterocycles. The molecule has 16 heavy (non-hydrogen) atoms. The van der Waals surface area contributed by atoms with Gasteiger partial charge in [0.05, 0.1) is 15.6 Å². The lowest BCUT2D eigenvalue weighted by atomic mass is 10.1. The Kier molecular flexibility index (Phi) is 2.78. The zero-order chi connectivity index (χ0) is 11.9. The summed E-state index contributed by atoms with van der Waals surface area (Å²) in [5.41, 5.74) is 1.93. The third kappa shape index (κ3) is 1.64. The van der Waals surface area contributed by atoms with Gasteiger partial charge >= 0.3 is 0 Å². The third-order valence-electron chi connectivity index (χ3n) is 2.57. The Morgan fingerprint density at radius 2 is 1.94 bits per heavy atom. The van der Waals surface area contributed by atoms with Gasteiger partial charge in [0.25, 0.3) is 5.56 Å². The van der Waals surface area contributed by atoms with Crippen molar-refractivity contribution < 1.29 is 0 Å². The predicted octanol–water partition coefficient (Wildman–Crippen LogP) is 3.79. The minimum Gasteiger partial charge on any atom is -0.321 e. The number of rotatable bonds is 1. The van der Waals surface area contributed by atoms with Crippen molar-refractivity contribution in [3.8, 4) is 0 Å². The van der Waals surface area contributed by atoms with E-state index in [1.807, 2.05) is 6.92 Å². The van der Waals surface area contributed by atoms with Gasteiger partial charge in [-0.1, -0.05) is 35.9 Å². The summed E-state index contributed by atoms with van der Waals surface area (Å²) in [7, 11) is 0. The van der Waals surface area contributed by atoms with Crippen molar-refractivity contribution in [2.75, 3.05) is 0 Å². The maximum Gasteiger partial charge on any atom is 0.255 e. The van der Waals surface area contributed by atoms with Crippen LogP contribution in [0.4, 0.5) is 0 Å². The number of pyridine rings is 1. The van der Waals surface area contributed by atoms with Crippen molar-refractivity contribution in [1.29, 1.82) is 0 Å². The molecule has 1 N–H and O–H groups in total. The minimum atomic E-state index is -0.168. The number of fused-ring (bicyclic) bond motifs is 1. The molecule has 0 saturated carbocycles. The van der Waals surface area contributed by atoms with Gasteiger partial charge in [0.2, 0.25) is 0 Å². The Bertz CT molecular complexity index is 643. The molecule has 0 radical (unpaired) electrons. The number of aryl methyl sites for hydroxylation is 1. The Morgan fingerprint density at radius 3 is 2.56 bits per heavy atom. The van der Waals surface area contributed by atoms with E-state index >= 15 is 0 Å². The number of aromatic nitrogens is 1. The first-order valence-electron chi connectivity index (χ1n) is 4.68. The maximum atomic E-state index is 11.7. The molecular weight excluding hydrogens is 245 g/mol. The standard InChI is InChI=1S/C12H9Cl2NO/c1-3-7-6(2)8-4-9(13)10(14)5-11(8)15-12(7)16/h3-5H,1H2,2H3,(H,15,16). The second-order valence-corrected chi connectivity index (χ2v) is 4.32. The molecule has 0 aliphatic rings. The average molecular weight is 254 g/mol. The number of hydrogen-bond acceptors (Lipinski definition) is 1. The molecule has 0 amide bonds. The quantitative estimate of drug-likeness (QED) is 0.825. The van der Waals surface area contributed by atoms with Crippen LogP contribution in [0.3, 0.4) is 0 Å². The van der Waals surface area contributed by atoms with Crippen LogP contribution in [0.15, 0.2) is 23.5 Å². The van der Waals surface area contributed by atoms with E-state index in [2.05, 4.69) is 11.6 Å². The summed E-state index contributed by atoms with van der Waals surface area (Å²) < 4.78 is 0. The first-order valence-corrected chi connectivity index (χ1v) is 5.44. The molecule has 0 atom stereocenters. The van der Waals surface area contributed by atoms with Crippen LogP contribution in [0.2, 0.25) is 10.0 Å². The molecule has 4 heteroatoms. The lowest BCUT2D eigenvalue weighted by molar-refractivity contribution is 1.26. The molecule has 2 nitrogen and oxygen atoms in total. The number of nitrogens with one attached hydrogen (secondary N) is 1. The maximum absolute atomic E-state index is 11.7. The summed E-state index contributed by atoms with van der Waals surface area (Å²) in [5, 5.41) is 1.78. The Balaban J connectivity index is 2.99. The molecule has 0 aliphatic heterocycles. The predicted molar refractivity (Wildman–Crippen MR) is 69.4 cm³/mol. The van der Waals surface area contributed by atoms with Crippen LogP contribution < -0.4 is 5.56 Å². The first-order chi connectivity index (χ1) is 7.54. The van der Waals surface area contributed by atoms with Gasteiger partial charge in [0.1, 0.15) is 0 Å². The van der Waals surface area contributed by atoms with E-state index in [0.717, 1.165) is 10.9 Å². The molecule has 0 saturated heterocycles. The highest BCUT2D eigenvalue weighted by Gasteiger charge is 2.08. The first kappa shape index (κ1) is 11.2. The number of H-pyrrole nitrogens is 1. The second kappa shape index (κ2) is 3.96. The molecule has 2 aromatic rings. The van der Waals surface area contributed by atoms with Crippen molar-refractivity contribution in [2.24, 2.45) is 0 Å². The van der Waals surface area contributed by atoms with Gasteiger partial charge in [0, 0.05) is 10.9 Å². The fourth-order valence-electron chi connectivity index (χ4n) is 1.71. The topological polar surface area (TPSA) is 32.9 Å². The van der Waals surface area contributed by atoms with Crippen molar-refractivity contribution in [3.05, 3.63) is 50.2 Å². The largest absolute Gasteiger partial charge is 0.321 e. The van der Waals surface area contributed by atoms with Crippen molar-refractivity contribution in [1.82, 2.24) is 4.98 Å². The summed E-state index contributed by atoms with van der Waals surface area (Å²) in [6, 6.07) is 3.40. The van der Waals surface area contributed by atoms with Crippen LogP contribution in [0.5, 0.6) is 0 Å². The lowest BCUT2D eigenvalue weighted by Gasteiger charge is -2.07. The number of hydrogen-bond donors (Lipinski definition) is 1. The molecule has 1 aromatic carbocycles. The summed E-state index contributed by atoms with van der Waals surface area (Å²) in [5.74, 6) is 0. The van der Waals surface area contributed by atoms with Gasteiger partial charge < -0.3 is 4.98 Å². The van der Waals surface area contributed by atoms with E-state index in [0.29, 0.717) is 21.1 Å². The van der Waals surface area contributed by atoms with E-state index in [1.165, 1.54) is 6.08 Å². The van der Waals surface area contributed by atoms with Crippen LogP contribution in [0, 0.1) is 6.92 Å². The third-order valence-corrected chi connectivity index (χ3v) is 3.29. The molecule has 0 spiro atoms. The van der Waals surface area contributed by atoms with E-state index < -0.39 is 0 Å². The normalized spacial score (nSPS) is 10.7. The molecule has 1 aromatic heterocycles. The van der Waals surface area contributed by atoms with Crippen LogP contribution in [-0.2, 0) is 0 Å². The van der Waals surface area contributed by atoms with Gasteiger partial charge in [-0.25, -0.2) is 0 Å². The van der Waals surface area contributed by atoms with E-state index in [9.17, 15) is 4.79 Å². The average Bonchev–Trinajstić information content (AvgIpc) is 2.22. The number of benzene rings is 1. The zero-order valence-corrected chi connectivity index (χ0v) is 10.1. The van der Waals surface area contributed by atoms with Gasteiger partial charge in [-0.15, -0.1) is 0 Å². The zero-order valence-electron chi connectivity index (χ0n) is 8.60. The van der Waals surface area contributed by atoms with E-state index in [1.54, 1.807) is 12.1 Å². The van der Waals surface area contributed by atoms with Gasteiger partial charge in [-0.05, 0) is 24.6 Å². The van der Waals surface area contributed by atoms with Crippen LogP contribution >= 0.6 is 23.2 Å². The SMILES string of the molecule is C=Cc1c(C)c2cc(Cl)c(Cl)cc2[nH]c1=O. The molecule has 2 rings (SSSR count). The fraction of sp³-hybridized carbons (Fsp3) is 0.0833. The summed E-state index contributed by atoms with van der Waals surface area (Å²) >= 11 is 11.8. The molecule has 0 unspecified atom stereocenters. The minimum absolute atomic E-state index is 0.168. The highest BCUT2D eigenvalue weighted by molar-refractivity contribution is 6.42. The van der Waals surface area contributed by atoms with Crippen molar-refractivity contribution in [2.45, 2.75) is 6.92 Å². The molecule has 0 aliphatic carbocycles. The Morgan fingerprint density at radius 1 is 1.31 bits per heavy atom. The smallest absolute Gasteiger partial charge is 0.255 e. The second-order valence-electron chi connectivity index (χ2n) is 3.51. The molecule has 0 bridgehead atoms. The highest BCUT2D eigenvalue weighted by atomic mass is 35.5. The summed E-state index contributed by atoms with van der Waals surface area (Å²) in [6.07, 6.45) is 1.54. The highest BCUT2D eigenvalue weighted by Crippen LogP contribution is 2.28. The Labute approximate surface area is 103 Å². The number of aromatic amines is 1. The monoisotopic (exact) mass is 253 g/mol. The lowest BCUT2D eigenvalue weighted by Crippen LogP contribution is -2.11. The molecular formula is C12H9Cl2NO. The fourth-order valence-corrected chi connectivity index (χ4v) is 2.04. The summed E-state index contributed by atoms with van der Waals surface area (Å²) in [6.45, 7) is 5.48. The van der Waals surface area contributed by atoms with E-state index in [4.69, 9.17) is 23.2 Å². The van der Waals surface area contributed by atoms with E-state index in [-0.39, 0.29) is 5.56 Å². The van der Waals surface area contributed by atoms with Crippen LogP contribution in [0.1, 0.15) is 11.1 Å². The molecule has 82 valence electrons. The summed E-state index contributed by atoms with van der Waals surface area (Å²) in [4.78, 5) is 14.4. The molecule has 0 fully saturated rings. The van der Waals surface area contributed by atoms with Crippen molar-refractivity contribution >= 4 is 40.2 Å². The van der Waals surface area contributed by atoms with Gasteiger partial charge in [-0.3, -0.25) is 4.79 Å². The Hall–Kier alpha value is -1.25.